The summed E-state index contributed by atoms with van der Waals surface area (Å²) in [6, 6.07) is 16.9. The Labute approximate surface area is 205 Å². The second-order valence-electron chi connectivity index (χ2n) is 8.36. The van der Waals surface area contributed by atoms with Crippen molar-refractivity contribution in [2.75, 3.05) is 18.0 Å². The second kappa shape index (κ2) is 9.34. The van der Waals surface area contributed by atoms with Crippen LogP contribution in [-0.2, 0) is 11.2 Å². The first-order valence-corrected chi connectivity index (χ1v) is 12.1. The molecular weight excluding hydrogens is 464 g/mol. The number of benzene rings is 2. The zero-order chi connectivity index (χ0) is 24.5. The van der Waals surface area contributed by atoms with Crippen molar-refractivity contribution in [1.82, 2.24) is 14.7 Å². The fraction of sp³-hybridized carbons (Fsp3) is 0.231. The van der Waals surface area contributed by atoms with E-state index in [1.807, 2.05) is 44.2 Å². The largest absolute Gasteiger partial charge is 0.477 e. The normalized spacial score (nSPS) is 14.9. The average molecular weight is 489 g/mol. The minimum atomic E-state index is -0.908. The Kier molecular flexibility index (Phi) is 6.08. The van der Waals surface area contributed by atoms with Gasteiger partial charge < -0.3 is 15.0 Å². The lowest BCUT2D eigenvalue weighted by Crippen LogP contribution is -2.51. The van der Waals surface area contributed by atoms with Crippen LogP contribution in [-0.4, -0.2) is 40.4 Å². The Bertz CT molecular complexity index is 1480. The quantitative estimate of drug-likeness (QED) is 0.466. The lowest BCUT2D eigenvalue weighted by atomic mass is 10.1. The summed E-state index contributed by atoms with van der Waals surface area (Å²) < 4.78 is 7.40. The number of thiazole rings is 1. The Balaban J connectivity index is 1.40. The van der Waals surface area contributed by atoms with Crippen molar-refractivity contribution in [3.8, 4) is 5.75 Å². The van der Waals surface area contributed by atoms with Crippen LogP contribution in [0.5, 0.6) is 5.75 Å². The van der Waals surface area contributed by atoms with E-state index >= 15 is 0 Å². The minimum Gasteiger partial charge on any atom is -0.477 e. The fourth-order valence-corrected chi connectivity index (χ4v) is 5.05. The number of aromatic nitrogens is 2. The lowest BCUT2D eigenvalue weighted by Gasteiger charge is -2.34. The molecular formula is C26H24N4O4S. The standard InChI is InChI=1S/C26H24N4O4S/c1-16-17(2)35-26-28-14-19(25(33)30(16)26)24(32)29-15-22(34-21-11-7-6-10-20(21)29)23(31)27-13-12-18-8-4-3-5-9-18/h3-11,14,22H,12-13,15H2,1-2H3,(H,27,31)/t22-/m1/s1. The van der Waals surface area contributed by atoms with Crippen LogP contribution in [0.4, 0.5) is 5.69 Å². The summed E-state index contributed by atoms with van der Waals surface area (Å²) in [4.78, 5) is 47.0. The summed E-state index contributed by atoms with van der Waals surface area (Å²) in [6.07, 6.45) is 1.09. The predicted molar refractivity (Wildman–Crippen MR) is 135 cm³/mol. The van der Waals surface area contributed by atoms with E-state index in [0.717, 1.165) is 16.1 Å². The van der Waals surface area contributed by atoms with E-state index in [1.54, 1.807) is 24.3 Å². The van der Waals surface area contributed by atoms with E-state index in [0.29, 0.717) is 29.4 Å². The molecule has 0 bridgehead atoms. The maximum atomic E-state index is 13.6. The molecule has 4 aromatic rings. The third-order valence-corrected chi connectivity index (χ3v) is 7.19. The average Bonchev–Trinajstić information content (AvgIpc) is 3.17. The highest BCUT2D eigenvalue weighted by Gasteiger charge is 2.35. The molecule has 178 valence electrons. The summed E-state index contributed by atoms with van der Waals surface area (Å²) in [5, 5.41) is 2.90. The Morgan fingerprint density at radius 3 is 2.66 bits per heavy atom. The van der Waals surface area contributed by atoms with Gasteiger partial charge in [-0.05, 0) is 38.0 Å². The molecule has 2 amide bonds. The topological polar surface area (TPSA) is 93.0 Å². The number of hydrogen-bond acceptors (Lipinski definition) is 6. The molecule has 0 fully saturated rings. The monoisotopic (exact) mass is 488 g/mol. The van der Waals surface area contributed by atoms with Crippen molar-refractivity contribution < 1.29 is 14.3 Å². The molecule has 0 saturated heterocycles. The van der Waals surface area contributed by atoms with E-state index < -0.39 is 17.6 Å². The van der Waals surface area contributed by atoms with E-state index in [-0.39, 0.29) is 18.0 Å². The van der Waals surface area contributed by atoms with Crippen molar-refractivity contribution in [3.05, 3.63) is 92.8 Å². The van der Waals surface area contributed by atoms with Gasteiger partial charge in [-0.3, -0.25) is 18.8 Å². The van der Waals surface area contributed by atoms with Gasteiger partial charge in [-0.2, -0.15) is 0 Å². The number of nitrogens with one attached hydrogen (secondary N) is 1. The molecule has 9 heteroatoms. The van der Waals surface area contributed by atoms with Crippen LogP contribution >= 0.6 is 11.3 Å². The van der Waals surface area contributed by atoms with Gasteiger partial charge in [0.05, 0.1) is 12.2 Å². The zero-order valence-corrected chi connectivity index (χ0v) is 20.2. The summed E-state index contributed by atoms with van der Waals surface area (Å²) in [7, 11) is 0. The van der Waals surface area contributed by atoms with E-state index in [1.165, 1.54) is 26.8 Å². The minimum absolute atomic E-state index is 0.0171. The molecule has 8 nitrogen and oxygen atoms in total. The van der Waals surface area contributed by atoms with Crippen LogP contribution in [0, 0.1) is 13.8 Å². The molecule has 35 heavy (non-hydrogen) atoms. The van der Waals surface area contributed by atoms with Crippen LogP contribution in [0.15, 0.2) is 65.6 Å². The Hall–Kier alpha value is -3.98. The Morgan fingerprint density at radius 1 is 1.11 bits per heavy atom. The van der Waals surface area contributed by atoms with Gasteiger partial charge in [0.25, 0.3) is 17.4 Å². The number of carbonyl (C=O) groups excluding carboxylic acids is 2. The van der Waals surface area contributed by atoms with Crippen LogP contribution in [0.1, 0.15) is 26.5 Å². The van der Waals surface area contributed by atoms with Crippen molar-refractivity contribution >= 4 is 33.8 Å². The number of ether oxygens (including phenoxy) is 1. The number of fused-ring (bicyclic) bond motifs is 2. The van der Waals surface area contributed by atoms with Crippen molar-refractivity contribution in [2.45, 2.75) is 26.4 Å². The number of amides is 2. The van der Waals surface area contributed by atoms with Crippen molar-refractivity contribution in [3.63, 3.8) is 0 Å². The maximum absolute atomic E-state index is 13.6. The third-order valence-electron chi connectivity index (χ3n) is 6.12. The van der Waals surface area contributed by atoms with E-state index in [4.69, 9.17) is 4.74 Å². The molecule has 1 atom stereocenters. The molecule has 0 unspecified atom stereocenters. The summed E-state index contributed by atoms with van der Waals surface area (Å²) >= 11 is 1.40. The molecule has 0 aliphatic carbocycles. The highest BCUT2D eigenvalue weighted by atomic mass is 32.1. The first-order chi connectivity index (χ1) is 16.9. The molecule has 1 aliphatic heterocycles. The van der Waals surface area contributed by atoms with Gasteiger partial charge in [-0.15, -0.1) is 11.3 Å². The fourth-order valence-electron chi connectivity index (χ4n) is 4.12. The molecule has 3 heterocycles. The first-order valence-electron chi connectivity index (χ1n) is 11.3. The highest BCUT2D eigenvalue weighted by Crippen LogP contribution is 2.34. The number of hydrogen-bond donors (Lipinski definition) is 1. The van der Waals surface area contributed by atoms with Crippen LogP contribution < -0.4 is 20.5 Å². The molecule has 1 N–H and O–H groups in total. The van der Waals surface area contributed by atoms with Crippen LogP contribution in [0.25, 0.3) is 4.96 Å². The van der Waals surface area contributed by atoms with Crippen LogP contribution in [0.3, 0.4) is 0 Å². The second-order valence-corrected chi connectivity index (χ2v) is 9.54. The maximum Gasteiger partial charge on any atom is 0.271 e. The number of anilines is 1. The van der Waals surface area contributed by atoms with Crippen molar-refractivity contribution in [1.29, 1.82) is 0 Å². The summed E-state index contributed by atoms with van der Waals surface area (Å²) in [5.41, 5.74) is 1.91. The lowest BCUT2D eigenvalue weighted by molar-refractivity contribution is -0.127. The number of carbonyl (C=O) groups is 2. The molecule has 0 saturated carbocycles. The summed E-state index contributed by atoms with van der Waals surface area (Å²) in [6.45, 7) is 4.17. The van der Waals surface area contributed by atoms with Gasteiger partial charge >= 0.3 is 0 Å². The molecule has 2 aromatic heterocycles. The highest BCUT2D eigenvalue weighted by molar-refractivity contribution is 7.17. The van der Waals surface area contributed by atoms with E-state index in [9.17, 15) is 14.4 Å². The van der Waals surface area contributed by atoms with Gasteiger partial charge in [0, 0.05) is 23.3 Å². The number of rotatable bonds is 5. The van der Waals surface area contributed by atoms with Gasteiger partial charge in [0.2, 0.25) is 0 Å². The number of nitrogens with zero attached hydrogens (tertiary/aromatic N) is 3. The van der Waals surface area contributed by atoms with Gasteiger partial charge in [-0.1, -0.05) is 42.5 Å². The smallest absolute Gasteiger partial charge is 0.271 e. The van der Waals surface area contributed by atoms with Gasteiger partial charge in [0.15, 0.2) is 11.1 Å². The third kappa shape index (κ3) is 4.30. The molecule has 0 radical (unpaired) electrons. The number of para-hydroxylation sites is 2. The van der Waals surface area contributed by atoms with Crippen molar-refractivity contribution in [2.24, 2.45) is 0 Å². The van der Waals surface area contributed by atoms with Gasteiger partial charge in [-0.25, -0.2) is 4.98 Å². The molecule has 5 rings (SSSR count). The molecule has 2 aromatic carbocycles. The predicted octanol–water partition coefficient (Wildman–Crippen LogP) is 3.14. The molecule has 1 aliphatic rings. The zero-order valence-electron chi connectivity index (χ0n) is 19.4. The summed E-state index contributed by atoms with van der Waals surface area (Å²) in [5.74, 6) is -0.423. The SMILES string of the molecule is Cc1sc2ncc(C(=O)N3C[C@H](C(=O)NCCc4ccccc4)Oc4ccccc43)c(=O)n2c1C. The van der Waals surface area contributed by atoms with E-state index in [2.05, 4.69) is 10.3 Å². The van der Waals surface area contributed by atoms with Gasteiger partial charge in [0.1, 0.15) is 11.3 Å². The van der Waals surface area contributed by atoms with Crippen LogP contribution in [0.2, 0.25) is 0 Å². The number of aryl methyl sites for hydroxylation is 2. The first kappa shape index (κ1) is 22.8. The Morgan fingerprint density at radius 2 is 1.86 bits per heavy atom. The molecule has 0 spiro atoms.